The third-order valence-corrected chi connectivity index (χ3v) is 5.07. The van der Waals surface area contributed by atoms with Crippen LogP contribution in [0.3, 0.4) is 0 Å². The van der Waals surface area contributed by atoms with Crippen molar-refractivity contribution in [1.29, 1.82) is 0 Å². The lowest BCUT2D eigenvalue weighted by Crippen LogP contribution is -2.57. The maximum atomic E-state index is 13.1. The van der Waals surface area contributed by atoms with E-state index < -0.39 is 6.04 Å². The molecule has 0 bridgehead atoms. The zero-order valence-electron chi connectivity index (χ0n) is 15.4. The van der Waals surface area contributed by atoms with Crippen LogP contribution in [-0.4, -0.2) is 66.9 Å². The smallest absolute Gasteiger partial charge is 0.321 e. The molecule has 2 saturated heterocycles. The van der Waals surface area contributed by atoms with Crippen LogP contribution in [0.15, 0.2) is 24.3 Å². The van der Waals surface area contributed by atoms with Crippen LogP contribution >= 0.6 is 0 Å². The lowest BCUT2D eigenvalue weighted by atomic mass is 10.0. The Bertz CT molecular complexity index is 706. The second-order valence-corrected chi connectivity index (χ2v) is 6.85. The molecule has 1 atom stereocenters. The van der Waals surface area contributed by atoms with Gasteiger partial charge in [-0.05, 0) is 24.6 Å². The van der Waals surface area contributed by atoms with Crippen molar-refractivity contribution < 1.29 is 14.4 Å². The van der Waals surface area contributed by atoms with Gasteiger partial charge in [-0.1, -0.05) is 25.8 Å². The van der Waals surface area contributed by atoms with Gasteiger partial charge in [-0.25, -0.2) is 4.79 Å². The first-order chi connectivity index (χ1) is 12.5. The SMILES string of the molecule is CCCCC1C(=O)N(C)CCN1C(=O)c1cccc(N2CCNC2=O)c1. The lowest BCUT2D eigenvalue weighted by molar-refractivity contribution is -0.138. The predicted molar refractivity (Wildman–Crippen MR) is 99.2 cm³/mol. The number of piperazine rings is 1. The molecule has 7 heteroatoms. The van der Waals surface area contributed by atoms with Crippen LogP contribution in [0.25, 0.3) is 0 Å². The van der Waals surface area contributed by atoms with E-state index in [9.17, 15) is 14.4 Å². The number of hydrogen-bond acceptors (Lipinski definition) is 3. The van der Waals surface area contributed by atoms with Crippen molar-refractivity contribution in [2.45, 2.75) is 32.2 Å². The molecule has 2 aliphatic heterocycles. The van der Waals surface area contributed by atoms with Gasteiger partial charge in [-0.2, -0.15) is 0 Å². The number of nitrogens with one attached hydrogen (secondary N) is 1. The number of anilines is 1. The Morgan fingerprint density at radius 2 is 2.04 bits per heavy atom. The number of unbranched alkanes of at least 4 members (excludes halogenated alkanes) is 1. The summed E-state index contributed by atoms with van der Waals surface area (Å²) in [6.07, 6.45) is 2.57. The van der Waals surface area contributed by atoms with Gasteiger partial charge in [0, 0.05) is 44.5 Å². The minimum Gasteiger partial charge on any atom is -0.342 e. The molecule has 1 aromatic rings. The number of rotatable bonds is 5. The van der Waals surface area contributed by atoms with Crippen LogP contribution in [0.4, 0.5) is 10.5 Å². The summed E-state index contributed by atoms with van der Waals surface area (Å²) in [5.74, 6) is -0.137. The summed E-state index contributed by atoms with van der Waals surface area (Å²) < 4.78 is 0. The Labute approximate surface area is 153 Å². The normalized spacial score (nSPS) is 20.5. The van der Waals surface area contributed by atoms with Crippen LogP contribution in [-0.2, 0) is 4.79 Å². The van der Waals surface area contributed by atoms with Crippen LogP contribution in [0.1, 0.15) is 36.5 Å². The molecule has 7 nitrogen and oxygen atoms in total. The molecule has 1 N–H and O–H groups in total. The van der Waals surface area contributed by atoms with Gasteiger partial charge in [0.15, 0.2) is 0 Å². The second-order valence-electron chi connectivity index (χ2n) is 6.85. The number of hydrogen-bond donors (Lipinski definition) is 1. The largest absolute Gasteiger partial charge is 0.342 e. The van der Waals surface area contributed by atoms with Crippen LogP contribution in [0.2, 0.25) is 0 Å². The van der Waals surface area contributed by atoms with E-state index in [0.717, 1.165) is 12.8 Å². The average molecular weight is 358 g/mol. The van der Waals surface area contributed by atoms with E-state index >= 15 is 0 Å². The van der Waals surface area contributed by atoms with Gasteiger partial charge in [0.05, 0.1) is 0 Å². The third-order valence-electron chi connectivity index (χ3n) is 5.07. The highest BCUT2D eigenvalue weighted by Crippen LogP contribution is 2.23. The fourth-order valence-corrected chi connectivity index (χ4v) is 3.52. The molecule has 2 fully saturated rings. The number of nitrogens with zero attached hydrogens (tertiary/aromatic N) is 3. The molecule has 0 spiro atoms. The molecule has 0 radical (unpaired) electrons. The molecule has 3 rings (SSSR count). The van der Waals surface area contributed by atoms with Crippen molar-refractivity contribution >= 4 is 23.5 Å². The molecule has 1 aromatic carbocycles. The number of likely N-dealkylation sites (N-methyl/N-ethyl adjacent to an activating group) is 1. The molecule has 4 amide bonds. The van der Waals surface area contributed by atoms with Crippen molar-refractivity contribution in [2.24, 2.45) is 0 Å². The number of urea groups is 1. The second kappa shape index (κ2) is 7.76. The molecular formula is C19H26N4O3. The molecule has 0 saturated carbocycles. The minimum atomic E-state index is -0.403. The highest BCUT2D eigenvalue weighted by atomic mass is 16.2. The van der Waals surface area contributed by atoms with E-state index in [1.807, 2.05) is 6.07 Å². The molecular weight excluding hydrogens is 332 g/mol. The maximum absolute atomic E-state index is 13.1. The highest BCUT2D eigenvalue weighted by molar-refractivity contribution is 6.00. The first-order valence-corrected chi connectivity index (χ1v) is 9.24. The molecule has 1 unspecified atom stereocenters. The number of amides is 4. The van der Waals surface area contributed by atoms with Crippen molar-refractivity contribution in [2.75, 3.05) is 38.1 Å². The molecule has 0 aromatic heterocycles. The van der Waals surface area contributed by atoms with Gasteiger partial charge in [0.2, 0.25) is 5.91 Å². The van der Waals surface area contributed by atoms with E-state index in [1.54, 1.807) is 39.9 Å². The topological polar surface area (TPSA) is 73.0 Å². The maximum Gasteiger partial charge on any atom is 0.321 e. The van der Waals surface area contributed by atoms with Gasteiger partial charge in [-0.3, -0.25) is 14.5 Å². The number of carbonyl (C=O) groups excluding carboxylic acids is 3. The van der Waals surface area contributed by atoms with E-state index in [4.69, 9.17) is 0 Å². The van der Waals surface area contributed by atoms with Crippen LogP contribution < -0.4 is 10.2 Å². The number of carbonyl (C=O) groups is 3. The summed E-state index contributed by atoms with van der Waals surface area (Å²) in [7, 11) is 1.79. The van der Waals surface area contributed by atoms with Crippen LogP contribution in [0, 0.1) is 0 Å². The fourth-order valence-electron chi connectivity index (χ4n) is 3.52. The van der Waals surface area contributed by atoms with Gasteiger partial charge < -0.3 is 15.1 Å². The van der Waals surface area contributed by atoms with Gasteiger partial charge in [0.1, 0.15) is 6.04 Å². The quantitative estimate of drug-likeness (QED) is 0.870. The molecule has 140 valence electrons. The minimum absolute atomic E-state index is 0.00752. The van der Waals surface area contributed by atoms with Crippen molar-refractivity contribution in [3.63, 3.8) is 0 Å². The zero-order valence-corrected chi connectivity index (χ0v) is 15.4. The van der Waals surface area contributed by atoms with E-state index in [-0.39, 0.29) is 17.8 Å². The Balaban J connectivity index is 1.82. The van der Waals surface area contributed by atoms with Gasteiger partial charge >= 0.3 is 6.03 Å². The predicted octanol–water partition coefficient (Wildman–Crippen LogP) is 1.69. The summed E-state index contributed by atoms with van der Waals surface area (Å²) in [5, 5.41) is 2.76. The highest BCUT2D eigenvalue weighted by Gasteiger charge is 2.36. The molecule has 2 aliphatic rings. The fraction of sp³-hybridized carbons (Fsp3) is 0.526. The zero-order chi connectivity index (χ0) is 18.7. The van der Waals surface area contributed by atoms with Crippen molar-refractivity contribution in [3.05, 3.63) is 29.8 Å². The first kappa shape index (κ1) is 18.2. The van der Waals surface area contributed by atoms with Gasteiger partial charge in [0.25, 0.3) is 5.91 Å². The molecule has 0 aliphatic carbocycles. The molecule has 2 heterocycles. The Hall–Kier alpha value is -2.57. The summed E-state index contributed by atoms with van der Waals surface area (Å²) in [5.41, 5.74) is 1.22. The van der Waals surface area contributed by atoms with E-state index in [0.29, 0.717) is 43.9 Å². The summed E-state index contributed by atoms with van der Waals surface area (Å²) in [6, 6.07) is 6.55. The monoisotopic (exact) mass is 358 g/mol. The number of benzene rings is 1. The third kappa shape index (κ3) is 3.52. The molecule has 26 heavy (non-hydrogen) atoms. The Morgan fingerprint density at radius 3 is 2.73 bits per heavy atom. The lowest BCUT2D eigenvalue weighted by Gasteiger charge is -2.39. The Morgan fingerprint density at radius 1 is 1.23 bits per heavy atom. The first-order valence-electron chi connectivity index (χ1n) is 9.24. The van der Waals surface area contributed by atoms with E-state index in [2.05, 4.69) is 12.2 Å². The summed E-state index contributed by atoms with van der Waals surface area (Å²) in [4.78, 5) is 42.6. The van der Waals surface area contributed by atoms with Crippen molar-refractivity contribution in [1.82, 2.24) is 15.1 Å². The van der Waals surface area contributed by atoms with Gasteiger partial charge in [-0.15, -0.1) is 0 Å². The van der Waals surface area contributed by atoms with Crippen molar-refractivity contribution in [3.8, 4) is 0 Å². The standard InChI is InChI=1S/C19H26N4O3/c1-3-4-8-16-18(25)21(2)11-12-23(16)17(24)14-6-5-7-15(13-14)22-10-9-20-19(22)26/h5-7,13,16H,3-4,8-12H2,1-2H3,(H,20,26). The van der Waals surface area contributed by atoms with E-state index in [1.165, 1.54) is 0 Å². The summed E-state index contributed by atoms with van der Waals surface area (Å²) in [6.45, 7) is 4.34. The van der Waals surface area contributed by atoms with Crippen LogP contribution in [0.5, 0.6) is 0 Å². The summed E-state index contributed by atoms with van der Waals surface area (Å²) >= 11 is 0. The average Bonchev–Trinajstić information content (AvgIpc) is 3.08. The Kier molecular flexibility index (Phi) is 5.44.